The van der Waals surface area contributed by atoms with E-state index in [0.717, 1.165) is 12.0 Å². The van der Waals surface area contributed by atoms with E-state index in [-0.39, 0.29) is 17.5 Å². The third kappa shape index (κ3) is 5.51. The molecule has 1 unspecified atom stereocenters. The van der Waals surface area contributed by atoms with Crippen LogP contribution in [0, 0.1) is 0 Å². The molecule has 0 aliphatic rings. The summed E-state index contributed by atoms with van der Waals surface area (Å²) >= 11 is 0. The van der Waals surface area contributed by atoms with Gasteiger partial charge in [0.05, 0.1) is 5.75 Å². The fourth-order valence-corrected chi connectivity index (χ4v) is 2.28. The van der Waals surface area contributed by atoms with E-state index >= 15 is 0 Å². The van der Waals surface area contributed by atoms with Crippen molar-refractivity contribution in [2.24, 2.45) is 0 Å². The standard InChI is InChI=1S/C13H21NO3S/c1-11(14(2)8-9-18(3,16)17)10-12-4-6-13(15)7-5-12/h4-7,11,15H,8-10H2,1-3H3. The highest BCUT2D eigenvalue weighted by Crippen LogP contribution is 2.12. The van der Waals surface area contributed by atoms with Gasteiger partial charge in [-0.25, -0.2) is 8.42 Å². The molecular weight excluding hydrogens is 250 g/mol. The Morgan fingerprint density at radius 2 is 1.83 bits per heavy atom. The first-order chi connectivity index (χ1) is 8.28. The highest BCUT2D eigenvalue weighted by molar-refractivity contribution is 7.90. The summed E-state index contributed by atoms with van der Waals surface area (Å²) in [6.45, 7) is 2.60. The number of aromatic hydroxyl groups is 1. The van der Waals surface area contributed by atoms with Crippen molar-refractivity contribution >= 4 is 9.84 Å². The number of benzene rings is 1. The van der Waals surface area contributed by atoms with Crippen LogP contribution in [0.5, 0.6) is 5.75 Å². The Hall–Kier alpha value is -1.07. The summed E-state index contributed by atoms with van der Waals surface area (Å²) < 4.78 is 22.2. The van der Waals surface area contributed by atoms with Gasteiger partial charge in [0.25, 0.3) is 0 Å². The summed E-state index contributed by atoms with van der Waals surface area (Å²) in [5, 5.41) is 9.20. The number of likely N-dealkylation sites (N-methyl/N-ethyl adjacent to an activating group) is 1. The molecule has 1 atom stereocenters. The molecule has 0 fully saturated rings. The molecule has 0 aromatic heterocycles. The molecule has 0 aliphatic carbocycles. The summed E-state index contributed by atoms with van der Waals surface area (Å²) in [6, 6.07) is 7.36. The van der Waals surface area contributed by atoms with Gasteiger partial charge in [-0.15, -0.1) is 0 Å². The van der Waals surface area contributed by atoms with Gasteiger partial charge in [-0.1, -0.05) is 12.1 Å². The number of rotatable bonds is 6. The second-order valence-electron chi connectivity index (χ2n) is 4.83. The van der Waals surface area contributed by atoms with E-state index < -0.39 is 9.84 Å². The van der Waals surface area contributed by atoms with Crippen LogP contribution in [0.3, 0.4) is 0 Å². The number of phenols is 1. The zero-order valence-corrected chi connectivity index (χ0v) is 11.9. The topological polar surface area (TPSA) is 57.6 Å². The molecule has 0 amide bonds. The van der Waals surface area contributed by atoms with Gasteiger partial charge in [0.2, 0.25) is 0 Å². The molecule has 4 nitrogen and oxygen atoms in total. The lowest BCUT2D eigenvalue weighted by Crippen LogP contribution is -2.34. The first kappa shape index (κ1) is 15.0. The predicted molar refractivity (Wildman–Crippen MR) is 73.6 cm³/mol. The lowest BCUT2D eigenvalue weighted by molar-refractivity contribution is 0.270. The van der Waals surface area contributed by atoms with E-state index in [1.165, 1.54) is 6.26 Å². The first-order valence-electron chi connectivity index (χ1n) is 5.94. The Bertz CT molecular complexity index is 468. The van der Waals surface area contributed by atoms with Crippen LogP contribution in [-0.2, 0) is 16.3 Å². The molecule has 0 saturated carbocycles. The molecule has 102 valence electrons. The molecule has 1 aromatic rings. The van der Waals surface area contributed by atoms with Crippen molar-refractivity contribution < 1.29 is 13.5 Å². The first-order valence-corrected chi connectivity index (χ1v) is 8.00. The van der Waals surface area contributed by atoms with Gasteiger partial charge in [-0.2, -0.15) is 0 Å². The Kier molecular flexibility index (Phi) is 5.16. The van der Waals surface area contributed by atoms with Crippen LogP contribution in [0.4, 0.5) is 0 Å². The molecule has 1 aromatic carbocycles. The third-order valence-electron chi connectivity index (χ3n) is 3.03. The van der Waals surface area contributed by atoms with Crippen molar-refractivity contribution in [3.63, 3.8) is 0 Å². The Labute approximate surface area is 109 Å². The zero-order chi connectivity index (χ0) is 13.8. The summed E-state index contributed by atoms with van der Waals surface area (Å²) in [5.41, 5.74) is 1.13. The molecule has 18 heavy (non-hydrogen) atoms. The van der Waals surface area contributed by atoms with Gasteiger partial charge in [0.15, 0.2) is 0 Å². The second-order valence-corrected chi connectivity index (χ2v) is 7.09. The highest BCUT2D eigenvalue weighted by Gasteiger charge is 2.12. The van der Waals surface area contributed by atoms with Crippen molar-refractivity contribution in [1.29, 1.82) is 0 Å². The smallest absolute Gasteiger partial charge is 0.148 e. The molecule has 5 heteroatoms. The minimum absolute atomic E-state index is 0.184. The Morgan fingerprint density at radius 1 is 1.28 bits per heavy atom. The van der Waals surface area contributed by atoms with Crippen molar-refractivity contribution in [3.8, 4) is 5.75 Å². The molecule has 0 heterocycles. The van der Waals surface area contributed by atoms with Crippen molar-refractivity contribution in [2.45, 2.75) is 19.4 Å². The maximum Gasteiger partial charge on any atom is 0.148 e. The SMILES string of the molecule is CC(Cc1ccc(O)cc1)N(C)CCS(C)(=O)=O. The van der Waals surface area contributed by atoms with Gasteiger partial charge < -0.3 is 10.0 Å². The van der Waals surface area contributed by atoms with E-state index in [1.807, 2.05) is 24.1 Å². The van der Waals surface area contributed by atoms with Crippen LogP contribution in [0.2, 0.25) is 0 Å². The number of hydrogen-bond donors (Lipinski definition) is 1. The average molecular weight is 271 g/mol. The van der Waals surface area contributed by atoms with E-state index in [9.17, 15) is 13.5 Å². The minimum atomic E-state index is -2.91. The maximum atomic E-state index is 11.1. The minimum Gasteiger partial charge on any atom is -0.508 e. The monoisotopic (exact) mass is 271 g/mol. The summed E-state index contributed by atoms with van der Waals surface area (Å²) in [6.07, 6.45) is 2.09. The Balaban J connectivity index is 2.49. The van der Waals surface area contributed by atoms with Gasteiger partial charge >= 0.3 is 0 Å². The third-order valence-corrected chi connectivity index (χ3v) is 3.96. The maximum absolute atomic E-state index is 11.1. The van der Waals surface area contributed by atoms with E-state index in [0.29, 0.717) is 6.54 Å². The van der Waals surface area contributed by atoms with Crippen molar-refractivity contribution in [3.05, 3.63) is 29.8 Å². The molecule has 0 bridgehead atoms. The fourth-order valence-electron chi connectivity index (χ4n) is 1.66. The van der Waals surface area contributed by atoms with Gasteiger partial charge in [-0.05, 0) is 38.1 Å². The fraction of sp³-hybridized carbons (Fsp3) is 0.538. The van der Waals surface area contributed by atoms with Crippen LogP contribution < -0.4 is 0 Å². The van der Waals surface area contributed by atoms with Gasteiger partial charge in [0.1, 0.15) is 15.6 Å². The lowest BCUT2D eigenvalue weighted by atomic mass is 10.1. The van der Waals surface area contributed by atoms with Crippen LogP contribution in [0.1, 0.15) is 12.5 Å². The van der Waals surface area contributed by atoms with E-state index in [2.05, 4.69) is 6.92 Å². The predicted octanol–water partition coefficient (Wildman–Crippen LogP) is 1.30. The quantitative estimate of drug-likeness (QED) is 0.847. The number of hydrogen-bond acceptors (Lipinski definition) is 4. The summed E-state index contributed by atoms with van der Waals surface area (Å²) in [7, 11) is -0.979. The van der Waals surface area contributed by atoms with Crippen LogP contribution in [0.15, 0.2) is 24.3 Å². The number of sulfone groups is 1. The molecule has 1 rings (SSSR count). The number of phenolic OH excluding ortho intramolecular Hbond substituents is 1. The van der Waals surface area contributed by atoms with Crippen LogP contribution in [-0.4, -0.2) is 50.1 Å². The van der Waals surface area contributed by atoms with Crippen LogP contribution in [0.25, 0.3) is 0 Å². The highest BCUT2D eigenvalue weighted by atomic mass is 32.2. The van der Waals surface area contributed by atoms with E-state index in [1.54, 1.807) is 12.1 Å². The van der Waals surface area contributed by atoms with Crippen LogP contribution >= 0.6 is 0 Å². The molecule has 0 radical (unpaired) electrons. The van der Waals surface area contributed by atoms with Gasteiger partial charge in [0, 0.05) is 18.8 Å². The normalized spacial score (nSPS) is 13.8. The van der Waals surface area contributed by atoms with Crippen molar-refractivity contribution in [2.75, 3.05) is 25.6 Å². The van der Waals surface area contributed by atoms with E-state index in [4.69, 9.17) is 0 Å². The molecule has 0 aliphatic heterocycles. The average Bonchev–Trinajstić information content (AvgIpc) is 2.28. The molecule has 0 spiro atoms. The van der Waals surface area contributed by atoms with Crippen molar-refractivity contribution in [1.82, 2.24) is 4.90 Å². The second kappa shape index (κ2) is 6.20. The molecule has 1 N–H and O–H groups in total. The molecular formula is C13H21NO3S. The Morgan fingerprint density at radius 3 is 2.33 bits per heavy atom. The van der Waals surface area contributed by atoms with Gasteiger partial charge in [-0.3, -0.25) is 0 Å². The summed E-state index contributed by atoms with van der Waals surface area (Å²) in [5.74, 6) is 0.445. The zero-order valence-electron chi connectivity index (χ0n) is 11.1. The largest absolute Gasteiger partial charge is 0.508 e. The lowest BCUT2D eigenvalue weighted by Gasteiger charge is -2.24. The number of nitrogens with zero attached hydrogens (tertiary/aromatic N) is 1. The summed E-state index contributed by atoms with van der Waals surface area (Å²) in [4.78, 5) is 2.04. The molecule has 0 saturated heterocycles.